The first kappa shape index (κ1) is 10.4. The Kier molecular flexibility index (Phi) is 4.44. The Morgan fingerprint density at radius 1 is 1.38 bits per heavy atom. The van der Waals surface area contributed by atoms with E-state index >= 15 is 0 Å². The van der Waals surface area contributed by atoms with E-state index in [4.69, 9.17) is 9.66 Å². The third-order valence-corrected chi connectivity index (χ3v) is 0.698. The van der Waals surface area contributed by atoms with Gasteiger partial charge in [-0.15, -0.1) is 0 Å². The van der Waals surface area contributed by atoms with Crippen LogP contribution in [0.1, 0.15) is 0 Å². The second-order valence-corrected chi connectivity index (χ2v) is 2.10. The maximum absolute atomic E-state index is 9.54. The molecular weight excluding hydrogens is 134 g/mol. The van der Waals surface area contributed by atoms with Crippen LogP contribution in [0.2, 0.25) is 0 Å². The smallest absolute Gasteiger partial charge is 0.290 e. The van der Waals surface area contributed by atoms with Crippen LogP contribution < -0.4 is 6.15 Å². The summed E-state index contributed by atoms with van der Waals surface area (Å²) in [6, 6.07) is 0. The van der Waals surface area contributed by atoms with Gasteiger partial charge in [-0.1, -0.05) is 0 Å². The van der Waals surface area contributed by atoms with Crippen LogP contribution in [0.25, 0.3) is 0 Å². The molecule has 0 unspecified atom stereocenters. The third-order valence-electron chi connectivity index (χ3n) is 0.233. The molecule has 0 aliphatic rings. The van der Waals surface area contributed by atoms with E-state index in [1.165, 1.54) is 0 Å². The van der Waals surface area contributed by atoms with E-state index in [9.17, 15) is 8.42 Å². The Labute approximate surface area is 47.0 Å². The molecule has 0 radical (unpaired) electrons. The van der Waals surface area contributed by atoms with Gasteiger partial charge in [0.2, 0.25) is 0 Å². The molecule has 0 fully saturated rings. The monoisotopic (exact) mass is 141 g/mol. The van der Waals surface area contributed by atoms with Gasteiger partial charge in [-0.05, 0) is 0 Å². The Bertz CT molecular complexity index is 157. The van der Waals surface area contributed by atoms with Crippen LogP contribution in [-0.2, 0) is 10.1 Å². The molecule has 0 bridgehead atoms. The zero-order chi connectivity index (χ0) is 5.91. The van der Waals surface area contributed by atoms with Gasteiger partial charge in [0.15, 0.2) is 0 Å². The summed E-state index contributed by atoms with van der Waals surface area (Å²) in [5, 5.41) is 7.95. The van der Waals surface area contributed by atoms with Crippen LogP contribution in [0.5, 0.6) is 0 Å². The minimum absolute atomic E-state index is 0. The molecule has 5 nitrogen and oxygen atoms in total. The van der Waals surface area contributed by atoms with E-state index < -0.39 is 10.1 Å². The molecule has 5 N–H and O–H groups in total. The molecule has 0 aromatic rings. The minimum atomic E-state index is -4.10. The average molecular weight is 141 g/mol. The molecule has 0 saturated carbocycles. The number of hydrogen-bond acceptors (Lipinski definition) is 4. The van der Waals surface area contributed by atoms with E-state index in [1.54, 1.807) is 0 Å². The molecule has 0 aromatic heterocycles. The predicted molar refractivity (Wildman–Crippen MR) is 28.3 cm³/mol. The Hall–Kier alpha value is -0.590. The first-order valence-corrected chi connectivity index (χ1v) is 2.85. The maximum atomic E-state index is 9.54. The summed E-state index contributed by atoms with van der Waals surface area (Å²) in [7, 11) is -4.10. The molecule has 0 spiro atoms. The zero-order valence-corrected chi connectivity index (χ0v) is 4.80. The van der Waals surface area contributed by atoms with Crippen molar-refractivity contribution in [2.75, 3.05) is 0 Å². The summed E-state index contributed by atoms with van der Waals surface area (Å²) in [4.78, 5) is 0. The zero-order valence-electron chi connectivity index (χ0n) is 3.98. The standard InChI is InChI=1S/C2H4O4S.H3N/c3-1-2-7(4,5)6;/h1-3H,(H,4,5,6);1H3. The van der Waals surface area contributed by atoms with Crippen molar-refractivity contribution in [1.29, 1.82) is 0 Å². The first-order chi connectivity index (χ1) is 3.06. The number of aliphatic hydroxyl groups excluding tert-OH is 1. The van der Waals surface area contributed by atoms with Crippen LogP contribution in [0.15, 0.2) is 11.7 Å². The van der Waals surface area contributed by atoms with Gasteiger partial charge in [0.1, 0.15) is 0 Å². The Balaban J connectivity index is 0. The summed E-state index contributed by atoms with van der Waals surface area (Å²) in [5.74, 6) is 0. The van der Waals surface area contributed by atoms with Crippen molar-refractivity contribution in [2.24, 2.45) is 0 Å². The highest BCUT2D eigenvalue weighted by Crippen LogP contribution is 1.79. The van der Waals surface area contributed by atoms with Crippen molar-refractivity contribution in [2.45, 2.75) is 0 Å². The molecule has 0 atom stereocenters. The van der Waals surface area contributed by atoms with Gasteiger partial charge in [0, 0.05) is 0 Å². The normalized spacial score (nSPS) is 11.1. The van der Waals surface area contributed by atoms with Crippen molar-refractivity contribution >= 4 is 10.1 Å². The van der Waals surface area contributed by atoms with Crippen molar-refractivity contribution in [3.8, 4) is 0 Å². The largest absolute Gasteiger partial charge is 0.515 e. The highest BCUT2D eigenvalue weighted by molar-refractivity contribution is 7.88. The Morgan fingerprint density at radius 2 is 1.75 bits per heavy atom. The molecule has 6 heteroatoms. The van der Waals surface area contributed by atoms with Gasteiger partial charge in [-0.25, -0.2) is 0 Å². The molecule has 0 aliphatic carbocycles. The van der Waals surface area contributed by atoms with Crippen molar-refractivity contribution < 1.29 is 18.1 Å². The van der Waals surface area contributed by atoms with E-state index in [0.717, 1.165) is 0 Å². The lowest BCUT2D eigenvalue weighted by Crippen LogP contribution is -1.88. The van der Waals surface area contributed by atoms with Gasteiger partial charge in [0.05, 0.1) is 11.7 Å². The van der Waals surface area contributed by atoms with E-state index in [0.29, 0.717) is 0 Å². The topological polar surface area (TPSA) is 110 Å². The molecule has 0 amide bonds. The summed E-state index contributed by atoms with van der Waals surface area (Å²) in [6.45, 7) is 0. The fourth-order valence-corrected chi connectivity index (χ4v) is 0.231. The maximum Gasteiger partial charge on any atom is 0.290 e. The van der Waals surface area contributed by atoms with E-state index in [1.807, 2.05) is 0 Å². The Morgan fingerprint density at radius 3 is 1.75 bits per heavy atom. The second kappa shape index (κ2) is 3.42. The lowest BCUT2D eigenvalue weighted by atomic mass is 11.2. The van der Waals surface area contributed by atoms with Crippen molar-refractivity contribution in [3.63, 3.8) is 0 Å². The molecule has 0 aromatic carbocycles. The molecule has 50 valence electrons. The molecular formula is C2H7NO4S. The SMILES string of the molecule is N.O=S(=O)(O)C=CO. The molecule has 0 heterocycles. The highest BCUT2D eigenvalue weighted by Gasteiger charge is 1.91. The van der Waals surface area contributed by atoms with Gasteiger partial charge in [-0.3, -0.25) is 4.55 Å². The molecule has 0 rings (SSSR count). The molecule has 0 aliphatic heterocycles. The molecule has 8 heavy (non-hydrogen) atoms. The van der Waals surface area contributed by atoms with E-state index in [-0.39, 0.29) is 17.8 Å². The summed E-state index contributed by atoms with van der Waals surface area (Å²) in [5.41, 5.74) is 0. The number of rotatable bonds is 1. The fourth-order valence-electron chi connectivity index (χ4n) is 0.0769. The van der Waals surface area contributed by atoms with Crippen LogP contribution in [0.3, 0.4) is 0 Å². The van der Waals surface area contributed by atoms with Crippen molar-refractivity contribution in [3.05, 3.63) is 11.7 Å². The van der Waals surface area contributed by atoms with Gasteiger partial charge >= 0.3 is 0 Å². The lowest BCUT2D eigenvalue weighted by molar-refractivity contribution is 0.467. The minimum Gasteiger partial charge on any atom is -0.515 e. The summed E-state index contributed by atoms with van der Waals surface area (Å²) in [6.07, 6.45) is 0.245. The van der Waals surface area contributed by atoms with Crippen molar-refractivity contribution in [1.82, 2.24) is 6.15 Å². The lowest BCUT2D eigenvalue weighted by Gasteiger charge is -1.76. The van der Waals surface area contributed by atoms with Crippen LogP contribution in [0, 0.1) is 0 Å². The summed E-state index contributed by atoms with van der Waals surface area (Å²) >= 11 is 0. The van der Waals surface area contributed by atoms with Gasteiger partial charge in [-0.2, -0.15) is 8.42 Å². The van der Waals surface area contributed by atoms with Gasteiger partial charge in [0.25, 0.3) is 10.1 Å². The quantitative estimate of drug-likeness (QED) is 0.353. The van der Waals surface area contributed by atoms with Gasteiger partial charge < -0.3 is 11.3 Å². The summed E-state index contributed by atoms with van der Waals surface area (Å²) < 4.78 is 26.8. The van der Waals surface area contributed by atoms with Crippen LogP contribution in [0.4, 0.5) is 0 Å². The molecule has 0 saturated heterocycles. The predicted octanol–water partition coefficient (Wildman–Crippen LogP) is 0.0654. The number of aliphatic hydroxyl groups is 1. The van der Waals surface area contributed by atoms with Crippen LogP contribution in [-0.4, -0.2) is 18.1 Å². The van der Waals surface area contributed by atoms with E-state index in [2.05, 4.69) is 0 Å². The van der Waals surface area contributed by atoms with Crippen LogP contribution >= 0.6 is 0 Å². The fraction of sp³-hybridized carbons (Fsp3) is 0. The average Bonchev–Trinajstić information content (AvgIpc) is 1.30. The third kappa shape index (κ3) is 9.05. The second-order valence-electron chi connectivity index (χ2n) is 0.800. The highest BCUT2D eigenvalue weighted by atomic mass is 32.2. The number of hydrogen-bond donors (Lipinski definition) is 3. The first-order valence-electron chi connectivity index (χ1n) is 1.34.